The molecule has 2 amide bonds. The maximum atomic E-state index is 12.6. The van der Waals surface area contributed by atoms with Crippen LogP contribution in [-0.2, 0) is 6.42 Å². The fraction of sp³-hybridized carbons (Fsp3) is 0.0833. The van der Waals surface area contributed by atoms with Crippen molar-refractivity contribution in [3.63, 3.8) is 0 Å². The van der Waals surface area contributed by atoms with Gasteiger partial charge in [0.15, 0.2) is 0 Å². The maximum absolute atomic E-state index is 12.6. The summed E-state index contributed by atoms with van der Waals surface area (Å²) in [6.07, 6.45) is 0.484. The second kappa shape index (κ2) is 8.89. The SMILES string of the molecule is CN(C(=O)Nc1ccccc1)c1cccc(-c2ccc(Cc3sc(=O)[nH]c3O)cc2)c1. The summed E-state index contributed by atoms with van der Waals surface area (Å²) in [6, 6.07) is 24.8. The van der Waals surface area contributed by atoms with E-state index in [0.29, 0.717) is 11.3 Å². The molecule has 6 nitrogen and oxygen atoms in total. The third kappa shape index (κ3) is 4.84. The Labute approximate surface area is 183 Å². The molecule has 0 aliphatic rings. The lowest BCUT2D eigenvalue weighted by Crippen LogP contribution is -2.31. The number of aromatic amines is 1. The predicted octanol–water partition coefficient (Wildman–Crippen LogP) is 5.07. The first kappa shape index (κ1) is 20.4. The number of aromatic nitrogens is 1. The van der Waals surface area contributed by atoms with Crippen molar-refractivity contribution >= 4 is 28.7 Å². The summed E-state index contributed by atoms with van der Waals surface area (Å²) in [5.41, 5.74) is 4.50. The van der Waals surface area contributed by atoms with E-state index < -0.39 is 0 Å². The number of carbonyl (C=O) groups is 1. The Morgan fingerprint density at radius 3 is 2.42 bits per heavy atom. The molecule has 0 unspecified atom stereocenters. The highest BCUT2D eigenvalue weighted by molar-refractivity contribution is 7.09. The molecular formula is C24H21N3O3S. The molecule has 156 valence electrons. The van der Waals surface area contributed by atoms with Gasteiger partial charge in [0, 0.05) is 24.8 Å². The van der Waals surface area contributed by atoms with E-state index in [2.05, 4.69) is 10.3 Å². The summed E-state index contributed by atoms with van der Waals surface area (Å²) in [4.78, 5) is 28.2. The Hall–Kier alpha value is -3.84. The van der Waals surface area contributed by atoms with Crippen LogP contribution in [0.25, 0.3) is 11.1 Å². The first-order valence-corrected chi connectivity index (χ1v) is 10.5. The van der Waals surface area contributed by atoms with Crippen LogP contribution >= 0.6 is 11.3 Å². The third-order valence-electron chi connectivity index (χ3n) is 4.92. The number of benzene rings is 3. The normalized spacial score (nSPS) is 10.6. The Balaban J connectivity index is 1.49. The number of nitrogens with one attached hydrogen (secondary N) is 2. The quantitative estimate of drug-likeness (QED) is 0.412. The van der Waals surface area contributed by atoms with Gasteiger partial charge in [0.1, 0.15) is 0 Å². The van der Waals surface area contributed by atoms with Crippen LogP contribution in [0.4, 0.5) is 16.2 Å². The summed E-state index contributed by atoms with van der Waals surface area (Å²) in [7, 11) is 1.73. The van der Waals surface area contributed by atoms with E-state index in [0.717, 1.165) is 39.4 Å². The van der Waals surface area contributed by atoms with Gasteiger partial charge >= 0.3 is 10.9 Å². The molecule has 0 fully saturated rings. The van der Waals surface area contributed by atoms with Gasteiger partial charge in [0.25, 0.3) is 0 Å². The first-order chi connectivity index (χ1) is 15.0. The molecule has 0 atom stereocenters. The smallest absolute Gasteiger partial charge is 0.326 e. The Bertz CT molecular complexity index is 1250. The molecule has 3 aromatic carbocycles. The van der Waals surface area contributed by atoms with Crippen LogP contribution in [-0.4, -0.2) is 23.2 Å². The van der Waals surface area contributed by atoms with Gasteiger partial charge in [-0.2, -0.15) is 0 Å². The zero-order chi connectivity index (χ0) is 21.8. The summed E-state index contributed by atoms with van der Waals surface area (Å²) >= 11 is 1.01. The van der Waals surface area contributed by atoms with E-state index in [1.807, 2.05) is 78.9 Å². The number of H-pyrrole nitrogens is 1. The molecule has 1 aromatic heterocycles. The van der Waals surface area contributed by atoms with Crippen molar-refractivity contribution in [1.82, 2.24) is 4.98 Å². The van der Waals surface area contributed by atoms with E-state index in [-0.39, 0.29) is 16.8 Å². The molecule has 0 radical (unpaired) electrons. The van der Waals surface area contributed by atoms with Gasteiger partial charge in [-0.15, -0.1) is 0 Å². The summed E-state index contributed by atoms with van der Waals surface area (Å²) < 4.78 is 0. The molecular weight excluding hydrogens is 410 g/mol. The minimum Gasteiger partial charge on any atom is -0.494 e. The molecule has 4 aromatic rings. The molecule has 0 bridgehead atoms. The minimum atomic E-state index is -0.263. The molecule has 0 aliphatic carbocycles. The number of para-hydroxylation sites is 1. The number of rotatable bonds is 5. The highest BCUT2D eigenvalue weighted by Crippen LogP contribution is 2.26. The number of urea groups is 1. The Morgan fingerprint density at radius 2 is 1.74 bits per heavy atom. The van der Waals surface area contributed by atoms with Crippen molar-refractivity contribution in [2.75, 3.05) is 17.3 Å². The van der Waals surface area contributed by atoms with Crippen molar-refractivity contribution < 1.29 is 9.90 Å². The van der Waals surface area contributed by atoms with Gasteiger partial charge in [-0.1, -0.05) is 65.9 Å². The number of aromatic hydroxyl groups is 1. The first-order valence-electron chi connectivity index (χ1n) is 9.70. The lowest BCUT2D eigenvalue weighted by Gasteiger charge is -2.19. The zero-order valence-corrected chi connectivity index (χ0v) is 17.6. The molecule has 1 heterocycles. The van der Waals surface area contributed by atoms with E-state index in [1.54, 1.807) is 11.9 Å². The largest absolute Gasteiger partial charge is 0.494 e. The fourth-order valence-electron chi connectivity index (χ4n) is 3.21. The number of amides is 2. The van der Waals surface area contributed by atoms with E-state index in [9.17, 15) is 14.7 Å². The number of nitrogens with zero attached hydrogens (tertiary/aromatic N) is 1. The summed E-state index contributed by atoms with van der Waals surface area (Å²) in [5.74, 6) is -0.0661. The van der Waals surface area contributed by atoms with Crippen LogP contribution in [0.5, 0.6) is 5.88 Å². The second-order valence-electron chi connectivity index (χ2n) is 7.07. The third-order valence-corrected chi connectivity index (χ3v) is 5.79. The summed E-state index contributed by atoms with van der Waals surface area (Å²) in [5, 5.41) is 12.6. The Kier molecular flexibility index (Phi) is 5.86. The van der Waals surface area contributed by atoms with Gasteiger partial charge in [-0.3, -0.25) is 14.7 Å². The Morgan fingerprint density at radius 1 is 1.00 bits per heavy atom. The topological polar surface area (TPSA) is 85.4 Å². The van der Waals surface area contributed by atoms with E-state index in [4.69, 9.17) is 0 Å². The molecule has 4 rings (SSSR count). The van der Waals surface area contributed by atoms with Crippen molar-refractivity contribution in [3.05, 3.63) is 99.0 Å². The van der Waals surface area contributed by atoms with E-state index >= 15 is 0 Å². The predicted molar refractivity (Wildman–Crippen MR) is 125 cm³/mol. The molecule has 0 aliphatic heterocycles. The molecule has 31 heavy (non-hydrogen) atoms. The molecule has 0 saturated heterocycles. The highest BCUT2D eigenvalue weighted by atomic mass is 32.1. The second-order valence-corrected chi connectivity index (χ2v) is 8.13. The highest BCUT2D eigenvalue weighted by Gasteiger charge is 2.12. The van der Waals surface area contributed by atoms with Gasteiger partial charge in [0.2, 0.25) is 5.88 Å². The van der Waals surface area contributed by atoms with Gasteiger partial charge in [-0.25, -0.2) is 4.79 Å². The number of carbonyl (C=O) groups excluding carboxylic acids is 1. The van der Waals surface area contributed by atoms with Crippen molar-refractivity contribution in [1.29, 1.82) is 0 Å². The summed E-state index contributed by atoms with van der Waals surface area (Å²) in [6.45, 7) is 0. The standard InChI is InChI=1S/C24H21N3O3S/c1-27(23(29)25-19-7-3-2-4-8-19)20-9-5-6-18(15-20)17-12-10-16(11-13-17)14-21-22(28)26-24(30)31-21/h2-13,15,28H,14H2,1H3,(H,25,29)(H,26,30). The molecule has 7 heteroatoms. The average molecular weight is 432 g/mol. The number of thiazole rings is 1. The van der Waals surface area contributed by atoms with Crippen LogP contribution in [0.2, 0.25) is 0 Å². The van der Waals surface area contributed by atoms with Crippen LogP contribution in [0.3, 0.4) is 0 Å². The minimum absolute atomic E-state index is 0.0661. The van der Waals surface area contributed by atoms with Gasteiger partial charge in [-0.05, 0) is 41.0 Å². The van der Waals surface area contributed by atoms with Crippen molar-refractivity contribution in [3.8, 4) is 17.0 Å². The fourth-order valence-corrected chi connectivity index (χ4v) is 3.97. The lowest BCUT2D eigenvalue weighted by atomic mass is 10.0. The number of hydrogen-bond acceptors (Lipinski definition) is 4. The number of anilines is 2. The van der Waals surface area contributed by atoms with Crippen molar-refractivity contribution in [2.24, 2.45) is 0 Å². The van der Waals surface area contributed by atoms with E-state index in [1.165, 1.54) is 0 Å². The van der Waals surface area contributed by atoms with Gasteiger partial charge in [0.05, 0.1) is 4.88 Å². The van der Waals surface area contributed by atoms with Crippen LogP contribution in [0.15, 0.2) is 83.7 Å². The molecule has 3 N–H and O–H groups in total. The number of hydrogen-bond donors (Lipinski definition) is 3. The molecule has 0 saturated carbocycles. The van der Waals surface area contributed by atoms with Gasteiger partial charge < -0.3 is 10.4 Å². The monoisotopic (exact) mass is 431 g/mol. The maximum Gasteiger partial charge on any atom is 0.326 e. The van der Waals surface area contributed by atoms with Crippen molar-refractivity contribution in [2.45, 2.75) is 6.42 Å². The van der Waals surface area contributed by atoms with Crippen LogP contribution in [0, 0.1) is 0 Å². The lowest BCUT2D eigenvalue weighted by molar-refractivity contribution is 0.258. The van der Waals surface area contributed by atoms with Crippen LogP contribution < -0.4 is 15.1 Å². The molecule has 0 spiro atoms. The average Bonchev–Trinajstić information content (AvgIpc) is 3.11. The van der Waals surface area contributed by atoms with Crippen LogP contribution in [0.1, 0.15) is 10.4 Å². The zero-order valence-electron chi connectivity index (χ0n) is 16.8.